The van der Waals surface area contributed by atoms with Gasteiger partial charge in [-0.2, -0.15) is 0 Å². The molecule has 6 heteroatoms. The molecule has 1 heterocycles. The van der Waals surface area contributed by atoms with E-state index in [9.17, 15) is 14.0 Å². The van der Waals surface area contributed by atoms with Gasteiger partial charge in [0, 0.05) is 31.2 Å². The second-order valence-corrected chi connectivity index (χ2v) is 10.3. The molecular weight excluding hydrogens is 441 g/mol. The Morgan fingerprint density at radius 2 is 1.77 bits per heavy atom. The minimum absolute atomic E-state index is 0.0191. The molecule has 0 spiro atoms. The van der Waals surface area contributed by atoms with Gasteiger partial charge in [0.25, 0.3) is 0 Å². The minimum atomic E-state index is -0.263. The predicted molar refractivity (Wildman–Crippen MR) is 138 cm³/mol. The summed E-state index contributed by atoms with van der Waals surface area (Å²) in [7, 11) is 0. The Morgan fingerprint density at radius 1 is 1.03 bits per heavy atom. The van der Waals surface area contributed by atoms with E-state index in [-0.39, 0.29) is 35.4 Å². The molecule has 5 nitrogen and oxygen atoms in total. The maximum absolute atomic E-state index is 13.7. The molecule has 3 unspecified atom stereocenters. The Labute approximate surface area is 208 Å². The number of benzene rings is 2. The summed E-state index contributed by atoms with van der Waals surface area (Å²) < 4.78 is 13.7. The number of hydrogen-bond acceptors (Lipinski definition) is 3. The molecule has 0 saturated heterocycles. The third-order valence-corrected chi connectivity index (χ3v) is 7.81. The van der Waals surface area contributed by atoms with Gasteiger partial charge in [-0.05, 0) is 68.4 Å². The average Bonchev–Trinajstić information content (AvgIpc) is 3.26. The molecule has 35 heavy (non-hydrogen) atoms. The molecule has 0 bridgehead atoms. The Morgan fingerprint density at radius 3 is 2.51 bits per heavy atom. The number of rotatable bonds is 9. The van der Waals surface area contributed by atoms with Crippen LogP contribution in [-0.4, -0.2) is 31.4 Å². The van der Waals surface area contributed by atoms with Crippen LogP contribution < -0.4 is 16.0 Å². The second kappa shape index (κ2) is 11.7. The van der Waals surface area contributed by atoms with Crippen molar-refractivity contribution in [3.05, 3.63) is 65.0 Å². The first-order valence-electron chi connectivity index (χ1n) is 13.1. The van der Waals surface area contributed by atoms with E-state index in [2.05, 4.69) is 16.0 Å². The topological polar surface area (TPSA) is 70.2 Å². The number of aryl methyl sites for hydroxylation is 1. The van der Waals surface area contributed by atoms with Crippen molar-refractivity contribution >= 4 is 17.5 Å². The van der Waals surface area contributed by atoms with Crippen LogP contribution >= 0.6 is 0 Å². The lowest BCUT2D eigenvalue weighted by Crippen LogP contribution is -2.44. The van der Waals surface area contributed by atoms with Crippen molar-refractivity contribution in [2.45, 2.75) is 64.2 Å². The van der Waals surface area contributed by atoms with Gasteiger partial charge in [-0.25, -0.2) is 4.39 Å². The van der Waals surface area contributed by atoms with Crippen LogP contribution in [-0.2, 0) is 9.59 Å². The molecule has 0 radical (unpaired) electrons. The van der Waals surface area contributed by atoms with Crippen LogP contribution in [0.3, 0.4) is 0 Å². The number of hydrogen-bond donors (Lipinski definition) is 3. The summed E-state index contributed by atoms with van der Waals surface area (Å²) >= 11 is 0. The summed E-state index contributed by atoms with van der Waals surface area (Å²) in [4.78, 5) is 26.2. The lowest BCUT2D eigenvalue weighted by molar-refractivity contribution is -0.128. The van der Waals surface area contributed by atoms with Gasteiger partial charge in [-0.1, -0.05) is 49.1 Å². The molecule has 2 aromatic rings. The number of halogens is 1. The van der Waals surface area contributed by atoms with Gasteiger partial charge < -0.3 is 16.0 Å². The third-order valence-electron chi connectivity index (χ3n) is 7.81. The molecule has 2 aliphatic rings. The molecule has 4 rings (SSSR count). The molecule has 1 aliphatic carbocycles. The van der Waals surface area contributed by atoms with Gasteiger partial charge in [-0.3, -0.25) is 9.59 Å². The van der Waals surface area contributed by atoms with Crippen LogP contribution in [0.2, 0.25) is 0 Å². The molecule has 3 atom stereocenters. The van der Waals surface area contributed by atoms with Crippen LogP contribution in [0, 0.1) is 24.6 Å². The summed E-state index contributed by atoms with van der Waals surface area (Å²) in [6, 6.07) is 12.9. The van der Waals surface area contributed by atoms with E-state index in [0.717, 1.165) is 61.0 Å². The molecule has 0 aromatic heterocycles. The highest BCUT2D eigenvalue weighted by Gasteiger charge is 2.31. The zero-order valence-electron chi connectivity index (χ0n) is 20.9. The van der Waals surface area contributed by atoms with Crippen LogP contribution in [0.25, 0.3) is 0 Å². The Hall–Kier alpha value is -2.89. The Bertz CT molecular complexity index is 1020. The SMILES string of the molecule is Cc1ccc(C(C)C(=O)NCC(C(=O)NCCC2CNc3ccc(F)cc32)C2CCCCC2)cc1. The largest absolute Gasteiger partial charge is 0.384 e. The molecule has 1 saturated carbocycles. The Kier molecular flexibility index (Phi) is 8.42. The molecule has 188 valence electrons. The predicted octanol–water partition coefficient (Wildman–Crippen LogP) is 5.27. The maximum Gasteiger partial charge on any atom is 0.227 e. The molecular formula is C29H38FN3O2. The van der Waals surface area contributed by atoms with E-state index in [1.54, 1.807) is 12.1 Å². The summed E-state index contributed by atoms with van der Waals surface area (Å²) in [5.74, 6) is -0.263. The first-order chi connectivity index (χ1) is 16.9. The number of carbonyl (C=O) groups is 2. The normalized spacial score (nSPS) is 19.3. The lowest BCUT2D eigenvalue weighted by Gasteiger charge is -2.30. The highest BCUT2D eigenvalue weighted by molar-refractivity contribution is 5.84. The van der Waals surface area contributed by atoms with Crippen LogP contribution in [0.5, 0.6) is 0 Å². The van der Waals surface area contributed by atoms with Crippen molar-refractivity contribution in [2.75, 3.05) is 25.0 Å². The molecule has 2 amide bonds. The fraction of sp³-hybridized carbons (Fsp3) is 0.517. The zero-order chi connectivity index (χ0) is 24.8. The fourth-order valence-corrected chi connectivity index (χ4v) is 5.51. The first-order valence-corrected chi connectivity index (χ1v) is 13.1. The van der Waals surface area contributed by atoms with Crippen molar-refractivity contribution < 1.29 is 14.0 Å². The molecule has 1 aliphatic heterocycles. The first kappa shape index (κ1) is 25.2. The number of carbonyl (C=O) groups excluding carboxylic acids is 2. The zero-order valence-corrected chi connectivity index (χ0v) is 20.9. The second-order valence-electron chi connectivity index (χ2n) is 10.3. The van der Waals surface area contributed by atoms with Crippen molar-refractivity contribution in [2.24, 2.45) is 11.8 Å². The van der Waals surface area contributed by atoms with Crippen molar-refractivity contribution in [1.82, 2.24) is 10.6 Å². The summed E-state index contributed by atoms with van der Waals surface area (Å²) in [6.45, 7) is 5.60. The number of nitrogens with one attached hydrogen (secondary N) is 3. The van der Waals surface area contributed by atoms with E-state index in [4.69, 9.17) is 0 Å². The van der Waals surface area contributed by atoms with Crippen LogP contribution in [0.1, 0.15) is 74.0 Å². The minimum Gasteiger partial charge on any atom is -0.384 e. The molecule has 3 N–H and O–H groups in total. The van der Waals surface area contributed by atoms with Crippen LogP contribution in [0.4, 0.5) is 10.1 Å². The number of fused-ring (bicyclic) bond motifs is 1. The summed E-state index contributed by atoms with van der Waals surface area (Å²) in [5.41, 5.74) is 4.11. The van der Waals surface area contributed by atoms with Gasteiger partial charge in [0.15, 0.2) is 0 Å². The quantitative estimate of drug-likeness (QED) is 0.459. The van der Waals surface area contributed by atoms with E-state index in [1.165, 1.54) is 12.5 Å². The van der Waals surface area contributed by atoms with E-state index in [0.29, 0.717) is 19.0 Å². The third kappa shape index (κ3) is 6.41. The van der Waals surface area contributed by atoms with E-state index < -0.39 is 0 Å². The van der Waals surface area contributed by atoms with E-state index >= 15 is 0 Å². The lowest BCUT2D eigenvalue weighted by atomic mass is 9.79. The number of amides is 2. The number of anilines is 1. The highest BCUT2D eigenvalue weighted by atomic mass is 19.1. The van der Waals surface area contributed by atoms with Crippen molar-refractivity contribution in [1.29, 1.82) is 0 Å². The van der Waals surface area contributed by atoms with Gasteiger partial charge in [0.2, 0.25) is 11.8 Å². The average molecular weight is 480 g/mol. The van der Waals surface area contributed by atoms with Gasteiger partial charge >= 0.3 is 0 Å². The fourth-order valence-electron chi connectivity index (χ4n) is 5.51. The Balaban J connectivity index is 1.33. The maximum atomic E-state index is 13.7. The smallest absolute Gasteiger partial charge is 0.227 e. The molecule has 1 fully saturated rings. The van der Waals surface area contributed by atoms with E-state index in [1.807, 2.05) is 38.1 Å². The summed E-state index contributed by atoms with van der Waals surface area (Å²) in [6.07, 6.45) is 6.30. The van der Waals surface area contributed by atoms with Gasteiger partial charge in [0.1, 0.15) is 5.82 Å². The molecule has 2 aromatic carbocycles. The summed E-state index contributed by atoms with van der Waals surface area (Å²) in [5, 5.41) is 9.53. The monoisotopic (exact) mass is 479 g/mol. The van der Waals surface area contributed by atoms with Crippen molar-refractivity contribution in [3.8, 4) is 0 Å². The van der Waals surface area contributed by atoms with Gasteiger partial charge in [0.05, 0.1) is 11.8 Å². The van der Waals surface area contributed by atoms with Gasteiger partial charge in [-0.15, -0.1) is 0 Å². The standard InChI is InChI=1S/C29H38FN3O2/c1-19-8-10-21(11-9-19)20(2)28(34)33-18-26(22-6-4-3-5-7-22)29(35)31-15-14-23-17-32-27-13-12-24(30)16-25(23)27/h8-13,16,20,22-23,26,32H,3-7,14-15,17-18H2,1-2H3,(H,31,35)(H,33,34). The highest BCUT2D eigenvalue weighted by Crippen LogP contribution is 2.34. The van der Waals surface area contributed by atoms with Crippen molar-refractivity contribution in [3.63, 3.8) is 0 Å². The van der Waals surface area contributed by atoms with Crippen LogP contribution in [0.15, 0.2) is 42.5 Å².